The topological polar surface area (TPSA) is 118 Å². The minimum atomic E-state index is -1.39. The standard InChI is InChI=1S/C8H7N3O4S/c9-8(16)10-4-1-2-6(11(14)15)5(3-4)7(12)13/h1-3H,(H,12,13)(H3,9,10,16). The molecule has 0 aliphatic carbocycles. The Kier molecular flexibility index (Phi) is 3.36. The number of hydrogen-bond acceptors (Lipinski definition) is 4. The zero-order valence-electron chi connectivity index (χ0n) is 7.84. The summed E-state index contributed by atoms with van der Waals surface area (Å²) < 4.78 is 0. The van der Waals surface area contributed by atoms with Crippen LogP contribution in [0.2, 0.25) is 0 Å². The molecule has 8 heteroatoms. The maximum atomic E-state index is 10.8. The van der Waals surface area contributed by atoms with Crippen molar-refractivity contribution >= 4 is 34.7 Å². The fraction of sp³-hybridized carbons (Fsp3) is 0. The Bertz CT molecular complexity index is 474. The van der Waals surface area contributed by atoms with E-state index in [1.54, 1.807) is 0 Å². The van der Waals surface area contributed by atoms with Crippen molar-refractivity contribution in [2.45, 2.75) is 0 Å². The van der Waals surface area contributed by atoms with Gasteiger partial charge in [-0.05, 0) is 24.4 Å². The summed E-state index contributed by atoms with van der Waals surface area (Å²) in [6.07, 6.45) is 0. The number of carbonyl (C=O) groups is 1. The average Bonchev–Trinajstić information content (AvgIpc) is 2.16. The number of nitrogens with two attached hydrogens (primary N) is 1. The summed E-state index contributed by atoms with van der Waals surface area (Å²) >= 11 is 4.56. The Hall–Kier alpha value is -2.22. The van der Waals surface area contributed by atoms with Gasteiger partial charge in [-0.3, -0.25) is 10.1 Å². The Balaban J connectivity index is 3.22. The molecule has 1 rings (SSSR count). The zero-order chi connectivity index (χ0) is 12.3. The number of nitro benzene ring substituents is 1. The van der Waals surface area contributed by atoms with Crippen molar-refractivity contribution in [1.82, 2.24) is 0 Å². The van der Waals surface area contributed by atoms with Gasteiger partial charge in [-0.25, -0.2) is 4.79 Å². The first-order valence-corrected chi connectivity index (χ1v) is 4.41. The van der Waals surface area contributed by atoms with Crippen LogP contribution in [0.5, 0.6) is 0 Å². The summed E-state index contributed by atoms with van der Waals surface area (Å²) in [5.41, 5.74) is 4.57. The molecule has 0 heterocycles. The number of rotatable bonds is 3. The number of thiocarbonyl (C=S) groups is 1. The first-order chi connectivity index (χ1) is 7.41. The second-order valence-electron chi connectivity index (χ2n) is 2.78. The van der Waals surface area contributed by atoms with Crippen molar-refractivity contribution < 1.29 is 14.8 Å². The molecule has 0 amide bonds. The minimum Gasteiger partial charge on any atom is -0.477 e. The van der Waals surface area contributed by atoms with Gasteiger partial charge < -0.3 is 16.2 Å². The Morgan fingerprint density at radius 1 is 1.56 bits per heavy atom. The van der Waals surface area contributed by atoms with Gasteiger partial charge in [0.1, 0.15) is 5.56 Å². The van der Waals surface area contributed by atoms with Crippen molar-refractivity contribution in [2.75, 3.05) is 5.32 Å². The third-order valence-corrected chi connectivity index (χ3v) is 1.79. The van der Waals surface area contributed by atoms with E-state index in [1.165, 1.54) is 6.07 Å². The van der Waals surface area contributed by atoms with Crippen LogP contribution in [-0.2, 0) is 0 Å². The highest BCUT2D eigenvalue weighted by Crippen LogP contribution is 2.22. The first-order valence-electron chi connectivity index (χ1n) is 4.00. The number of carboxylic acids is 1. The van der Waals surface area contributed by atoms with Gasteiger partial charge >= 0.3 is 5.97 Å². The molecule has 0 aromatic heterocycles. The summed E-state index contributed by atoms with van der Waals surface area (Å²) in [6, 6.07) is 3.49. The highest BCUT2D eigenvalue weighted by Gasteiger charge is 2.19. The molecule has 84 valence electrons. The molecule has 0 bridgehead atoms. The van der Waals surface area contributed by atoms with Gasteiger partial charge in [0.25, 0.3) is 5.69 Å². The molecule has 0 atom stereocenters. The summed E-state index contributed by atoms with van der Waals surface area (Å²) in [6.45, 7) is 0. The van der Waals surface area contributed by atoms with Gasteiger partial charge in [0.05, 0.1) is 4.92 Å². The lowest BCUT2D eigenvalue weighted by molar-refractivity contribution is -0.385. The Morgan fingerprint density at radius 3 is 2.62 bits per heavy atom. The number of benzene rings is 1. The van der Waals surface area contributed by atoms with Crippen LogP contribution >= 0.6 is 12.2 Å². The smallest absolute Gasteiger partial charge is 0.342 e. The molecule has 0 unspecified atom stereocenters. The van der Waals surface area contributed by atoms with E-state index in [0.29, 0.717) is 0 Å². The van der Waals surface area contributed by atoms with Crippen LogP contribution in [0.25, 0.3) is 0 Å². The fourth-order valence-corrected chi connectivity index (χ4v) is 1.20. The zero-order valence-corrected chi connectivity index (χ0v) is 8.65. The molecular weight excluding hydrogens is 234 g/mol. The van der Waals surface area contributed by atoms with Crippen LogP contribution < -0.4 is 11.1 Å². The number of anilines is 1. The van der Waals surface area contributed by atoms with Crippen LogP contribution in [0.3, 0.4) is 0 Å². The lowest BCUT2D eigenvalue weighted by atomic mass is 10.1. The number of hydrogen-bond donors (Lipinski definition) is 3. The lowest BCUT2D eigenvalue weighted by Crippen LogP contribution is -2.19. The van der Waals surface area contributed by atoms with Crippen LogP contribution in [0.1, 0.15) is 10.4 Å². The van der Waals surface area contributed by atoms with Crippen molar-refractivity contribution in [3.8, 4) is 0 Å². The second-order valence-corrected chi connectivity index (χ2v) is 3.22. The number of nitrogens with zero attached hydrogens (tertiary/aromatic N) is 1. The summed E-state index contributed by atoms with van der Waals surface area (Å²) in [5.74, 6) is -1.39. The van der Waals surface area contributed by atoms with Gasteiger partial charge in [-0.15, -0.1) is 0 Å². The quantitative estimate of drug-likeness (QED) is 0.409. The average molecular weight is 241 g/mol. The van der Waals surface area contributed by atoms with Gasteiger partial charge in [0, 0.05) is 11.8 Å². The molecule has 0 saturated heterocycles. The highest BCUT2D eigenvalue weighted by atomic mass is 32.1. The molecule has 0 fully saturated rings. The Morgan fingerprint density at radius 2 is 2.19 bits per heavy atom. The number of nitrogens with one attached hydrogen (secondary N) is 1. The van der Waals surface area contributed by atoms with E-state index in [-0.39, 0.29) is 10.8 Å². The molecule has 0 aliphatic heterocycles. The highest BCUT2D eigenvalue weighted by molar-refractivity contribution is 7.80. The molecular formula is C8H7N3O4S. The van der Waals surface area contributed by atoms with Crippen molar-refractivity contribution in [3.05, 3.63) is 33.9 Å². The SMILES string of the molecule is NC(=S)Nc1ccc([N+](=O)[O-])c(C(=O)O)c1. The van der Waals surface area contributed by atoms with Gasteiger partial charge in [0.15, 0.2) is 5.11 Å². The van der Waals surface area contributed by atoms with Crippen molar-refractivity contribution in [3.63, 3.8) is 0 Å². The van der Waals surface area contributed by atoms with Crippen molar-refractivity contribution in [1.29, 1.82) is 0 Å². The lowest BCUT2D eigenvalue weighted by Gasteiger charge is -2.04. The van der Waals surface area contributed by atoms with Crippen LogP contribution in [0.15, 0.2) is 18.2 Å². The van der Waals surface area contributed by atoms with Crippen LogP contribution in [0.4, 0.5) is 11.4 Å². The summed E-state index contributed by atoms with van der Waals surface area (Å²) in [7, 11) is 0. The monoisotopic (exact) mass is 241 g/mol. The molecule has 0 aliphatic rings. The van der Waals surface area contributed by atoms with Gasteiger partial charge in [0.2, 0.25) is 0 Å². The van der Waals surface area contributed by atoms with Crippen molar-refractivity contribution in [2.24, 2.45) is 5.73 Å². The number of nitro groups is 1. The van der Waals surface area contributed by atoms with E-state index in [1.807, 2.05) is 0 Å². The Labute approximate surface area is 95.0 Å². The van der Waals surface area contributed by atoms with Gasteiger partial charge in [-0.1, -0.05) is 0 Å². The van der Waals surface area contributed by atoms with Gasteiger partial charge in [-0.2, -0.15) is 0 Å². The van der Waals surface area contributed by atoms with E-state index in [2.05, 4.69) is 17.5 Å². The normalized spacial score (nSPS) is 9.50. The maximum absolute atomic E-state index is 10.8. The first kappa shape index (κ1) is 11.9. The second kappa shape index (κ2) is 4.53. The van der Waals surface area contributed by atoms with E-state index in [0.717, 1.165) is 12.1 Å². The summed E-state index contributed by atoms with van der Waals surface area (Å²) in [4.78, 5) is 20.5. The predicted octanol–water partition coefficient (Wildman–Crippen LogP) is 0.949. The maximum Gasteiger partial charge on any atom is 0.342 e. The molecule has 4 N–H and O–H groups in total. The fourth-order valence-electron chi connectivity index (χ4n) is 1.09. The molecule has 0 saturated carbocycles. The third-order valence-electron chi connectivity index (χ3n) is 1.69. The molecule has 7 nitrogen and oxygen atoms in total. The molecule has 0 radical (unpaired) electrons. The third kappa shape index (κ3) is 2.64. The predicted molar refractivity (Wildman–Crippen MR) is 60.5 cm³/mol. The molecule has 1 aromatic carbocycles. The number of aromatic carboxylic acids is 1. The van der Waals surface area contributed by atoms with Crippen LogP contribution in [-0.4, -0.2) is 21.1 Å². The van der Waals surface area contributed by atoms with E-state index in [4.69, 9.17) is 10.8 Å². The molecule has 1 aromatic rings. The molecule has 0 spiro atoms. The number of carboxylic acid groups (broad SMARTS) is 1. The minimum absolute atomic E-state index is 0.0507. The van der Waals surface area contributed by atoms with E-state index in [9.17, 15) is 14.9 Å². The van der Waals surface area contributed by atoms with E-state index < -0.39 is 22.1 Å². The summed E-state index contributed by atoms with van der Waals surface area (Å²) in [5, 5.41) is 21.7. The van der Waals surface area contributed by atoms with Crippen LogP contribution in [0, 0.1) is 10.1 Å². The molecule has 16 heavy (non-hydrogen) atoms. The largest absolute Gasteiger partial charge is 0.477 e. The van der Waals surface area contributed by atoms with E-state index >= 15 is 0 Å².